The molecule has 1 amide bonds. The van der Waals surface area contributed by atoms with Gasteiger partial charge in [0.1, 0.15) is 5.82 Å². The minimum absolute atomic E-state index is 0.0244. The summed E-state index contributed by atoms with van der Waals surface area (Å²) in [6.45, 7) is 0. The van der Waals surface area contributed by atoms with Crippen molar-refractivity contribution in [3.05, 3.63) is 71.7 Å². The summed E-state index contributed by atoms with van der Waals surface area (Å²) in [6, 6.07) is 8.03. The van der Waals surface area contributed by atoms with Crippen LogP contribution in [0.3, 0.4) is 0 Å². The average Bonchev–Trinajstić information content (AvgIpc) is 2.63. The van der Waals surface area contributed by atoms with Gasteiger partial charge in [0, 0.05) is 30.6 Å². The smallest absolute Gasteiger partial charge is 0.286 e. The Labute approximate surface area is 143 Å². The first-order valence-electron chi connectivity index (χ1n) is 7.46. The van der Waals surface area contributed by atoms with Gasteiger partial charge in [0.25, 0.3) is 5.91 Å². The highest BCUT2D eigenvalue weighted by Gasteiger charge is 2.10. The van der Waals surface area contributed by atoms with Crippen molar-refractivity contribution in [3.8, 4) is 17.0 Å². The van der Waals surface area contributed by atoms with Gasteiger partial charge >= 0.3 is 0 Å². The van der Waals surface area contributed by atoms with E-state index in [0.717, 1.165) is 22.3 Å². The summed E-state index contributed by atoms with van der Waals surface area (Å²) in [5.41, 5.74) is 8.39. The van der Waals surface area contributed by atoms with Crippen LogP contribution in [0.15, 0.2) is 48.9 Å². The number of benzene rings is 1. The van der Waals surface area contributed by atoms with Crippen molar-refractivity contribution < 1.29 is 13.9 Å². The van der Waals surface area contributed by atoms with E-state index in [4.69, 9.17) is 10.5 Å². The molecule has 126 valence electrons. The number of ether oxygens (including phenoxy) is 1. The molecule has 0 atom stereocenters. The van der Waals surface area contributed by atoms with Crippen LogP contribution in [0.4, 0.5) is 4.39 Å². The third kappa shape index (κ3) is 3.77. The summed E-state index contributed by atoms with van der Waals surface area (Å²) in [5.74, 6) is -0.547. The van der Waals surface area contributed by atoms with Crippen molar-refractivity contribution in [1.82, 2.24) is 15.0 Å². The van der Waals surface area contributed by atoms with Crippen LogP contribution < -0.4 is 10.5 Å². The van der Waals surface area contributed by atoms with Crippen molar-refractivity contribution >= 4 is 5.91 Å². The average molecular weight is 338 g/mol. The van der Waals surface area contributed by atoms with Gasteiger partial charge in [0.15, 0.2) is 0 Å². The third-order valence-corrected chi connectivity index (χ3v) is 3.59. The molecule has 25 heavy (non-hydrogen) atoms. The number of carbonyl (C=O) groups is 1. The van der Waals surface area contributed by atoms with Gasteiger partial charge in [-0.25, -0.2) is 19.3 Å². The van der Waals surface area contributed by atoms with E-state index in [0.29, 0.717) is 12.3 Å². The third-order valence-electron chi connectivity index (χ3n) is 3.59. The predicted octanol–water partition coefficient (Wildman–Crippen LogP) is 2.38. The fourth-order valence-corrected chi connectivity index (χ4v) is 2.40. The number of pyridine rings is 1. The highest BCUT2D eigenvalue weighted by atomic mass is 19.1. The Balaban J connectivity index is 1.91. The largest absolute Gasteiger partial charge is 0.481 e. The summed E-state index contributed by atoms with van der Waals surface area (Å²) in [4.78, 5) is 23.2. The van der Waals surface area contributed by atoms with Crippen LogP contribution in [-0.2, 0) is 6.42 Å². The van der Waals surface area contributed by atoms with E-state index in [1.54, 1.807) is 30.7 Å². The number of methoxy groups -OCH3 is 1. The van der Waals surface area contributed by atoms with Crippen LogP contribution in [0.25, 0.3) is 11.1 Å². The van der Waals surface area contributed by atoms with Crippen LogP contribution in [0.2, 0.25) is 0 Å². The molecule has 7 heteroatoms. The van der Waals surface area contributed by atoms with Crippen molar-refractivity contribution in [2.75, 3.05) is 7.11 Å². The van der Waals surface area contributed by atoms with Gasteiger partial charge < -0.3 is 10.5 Å². The van der Waals surface area contributed by atoms with Gasteiger partial charge in [0.2, 0.25) is 11.7 Å². The molecule has 0 saturated carbocycles. The summed E-state index contributed by atoms with van der Waals surface area (Å²) in [6.07, 6.45) is 5.31. The molecule has 0 aliphatic carbocycles. The maximum absolute atomic E-state index is 13.1. The summed E-state index contributed by atoms with van der Waals surface area (Å²) < 4.78 is 18.4. The Morgan fingerprint density at radius 3 is 2.32 bits per heavy atom. The minimum Gasteiger partial charge on any atom is -0.481 e. The number of hydrogen-bond acceptors (Lipinski definition) is 5. The highest BCUT2D eigenvalue weighted by Crippen LogP contribution is 2.29. The van der Waals surface area contributed by atoms with Gasteiger partial charge in [-0.05, 0) is 34.9 Å². The van der Waals surface area contributed by atoms with Crippen LogP contribution in [0.5, 0.6) is 5.88 Å². The molecule has 0 saturated heterocycles. The standard InChI is InChI=1S/C18H15FN4O2/c1-25-18-15(13-2-4-14(19)5-3-13)7-11(8-23-18)6-12-9-21-17(16(20)24)22-10-12/h2-5,7-10H,6H2,1H3,(H2,20,24). The number of nitrogens with zero attached hydrogens (tertiary/aromatic N) is 3. The quantitative estimate of drug-likeness (QED) is 0.771. The Hall–Kier alpha value is -3.35. The summed E-state index contributed by atoms with van der Waals surface area (Å²) >= 11 is 0. The zero-order chi connectivity index (χ0) is 17.8. The second-order valence-electron chi connectivity index (χ2n) is 5.36. The molecule has 6 nitrogen and oxygen atoms in total. The number of nitrogens with two attached hydrogens (primary N) is 1. The molecule has 2 aromatic heterocycles. The molecule has 1 aromatic carbocycles. The van der Waals surface area contributed by atoms with Crippen molar-refractivity contribution in [2.45, 2.75) is 6.42 Å². The number of rotatable bonds is 5. The van der Waals surface area contributed by atoms with Crippen LogP contribution >= 0.6 is 0 Å². The van der Waals surface area contributed by atoms with Crippen LogP contribution in [0, 0.1) is 5.82 Å². The predicted molar refractivity (Wildman–Crippen MR) is 89.5 cm³/mol. The fraction of sp³-hybridized carbons (Fsp3) is 0.111. The first-order valence-corrected chi connectivity index (χ1v) is 7.46. The van der Waals surface area contributed by atoms with E-state index in [-0.39, 0.29) is 11.6 Å². The van der Waals surface area contributed by atoms with Gasteiger partial charge in [0.05, 0.1) is 7.11 Å². The molecule has 0 bridgehead atoms. The lowest BCUT2D eigenvalue weighted by Gasteiger charge is -2.10. The second kappa shape index (κ2) is 7.04. The van der Waals surface area contributed by atoms with Crippen LogP contribution in [-0.4, -0.2) is 28.0 Å². The molecule has 0 radical (unpaired) electrons. The Bertz CT molecular complexity index is 896. The lowest BCUT2D eigenvalue weighted by atomic mass is 10.0. The van der Waals surface area contributed by atoms with E-state index in [1.807, 2.05) is 6.07 Å². The number of aromatic nitrogens is 3. The van der Waals surface area contributed by atoms with Gasteiger partial charge in [-0.2, -0.15) is 0 Å². The molecule has 2 N–H and O–H groups in total. The minimum atomic E-state index is -0.670. The van der Waals surface area contributed by atoms with E-state index in [2.05, 4.69) is 15.0 Å². The number of carbonyl (C=O) groups excluding carboxylic acids is 1. The second-order valence-corrected chi connectivity index (χ2v) is 5.36. The van der Waals surface area contributed by atoms with Crippen molar-refractivity contribution in [3.63, 3.8) is 0 Å². The molecule has 0 unspecified atom stereocenters. The molecule has 3 rings (SSSR count). The fourth-order valence-electron chi connectivity index (χ4n) is 2.40. The SMILES string of the molecule is COc1ncc(Cc2cnc(C(N)=O)nc2)cc1-c1ccc(F)cc1. The first kappa shape index (κ1) is 16.5. The van der Waals surface area contributed by atoms with Crippen molar-refractivity contribution in [1.29, 1.82) is 0 Å². The lowest BCUT2D eigenvalue weighted by Crippen LogP contribution is -2.15. The van der Waals surface area contributed by atoms with E-state index >= 15 is 0 Å². The van der Waals surface area contributed by atoms with E-state index < -0.39 is 5.91 Å². The Morgan fingerprint density at radius 1 is 1.08 bits per heavy atom. The molecule has 3 aromatic rings. The van der Waals surface area contributed by atoms with Crippen LogP contribution in [0.1, 0.15) is 21.7 Å². The monoisotopic (exact) mass is 338 g/mol. The lowest BCUT2D eigenvalue weighted by molar-refractivity contribution is 0.0990. The molecule has 0 aliphatic rings. The molecule has 0 aliphatic heterocycles. The zero-order valence-electron chi connectivity index (χ0n) is 13.4. The van der Waals surface area contributed by atoms with E-state index in [1.165, 1.54) is 19.2 Å². The number of primary amides is 1. The van der Waals surface area contributed by atoms with Gasteiger partial charge in [-0.15, -0.1) is 0 Å². The number of amides is 1. The molecular formula is C18H15FN4O2. The first-order chi connectivity index (χ1) is 12.1. The summed E-state index contributed by atoms with van der Waals surface area (Å²) in [7, 11) is 1.53. The Kier molecular flexibility index (Phi) is 4.65. The normalized spacial score (nSPS) is 10.5. The summed E-state index contributed by atoms with van der Waals surface area (Å²) in [5, 5.41) is 0. The maximum Gasteiger partial charge on any atom is 0.286 e. The van der Waals surface area contributed by atoms with Gasteiger partial charge in [-0.1, -0.05) is 12.1 Å². The molecule has 0 spiro atoms. The molecule has 0 fully saturated rings. The van der Waals surface area contributed by atoms with Gasteiger partial charge in [-0.3, -0.25) is 4.79 Å². The maximum atomic E-state index is 13.1. The highest BCUT2D eigenvalue weighted by molar-refractivity contribution is 5.88. The number of hydrogen-bond donors (Lipinski definition) is 1. The molecule has 2 heterocycles. The zero-order valence-corrected chi connectivity index (χ0v) is 13.4. The topological polar surface area (TPSA) is 91.0 Å². The molecular weight excluding hydrogens is 323 g/mol. The van der Waals surface area contributed by atoms with Crippen molar-refractivity contribution in [2.24, 2.45) is 5.73 Å². The number of halogens is 1. The van der Waals surface area contributed by atoms with E-state index in [9.17, 15) is 9.18 Å². The Morgan fingerprint density at radius 2 is 1.72 bits per heavy atom.